The summed E-state index contributed by atoms with van der Waals surface area (Å²) in [6, 6.07) is 59.0. The molecule has 9 aromatic carbocycles. The molecule has 13 rings (SSSR count). The normalized spacial score (nSPS) is 12.3. The first kappa shape index (κ1) is 37.1. The van der Waals surface area contributed by atoms with Gasteiger partial charge in [-0.15, -0.1) is 0 Å². The van der Waals surface area contributed by atoms with Crippen LogP contribution < -0.4 is 0 Å². The van der Waals surface area contributed by atoms with Crippen molar-refractivity contribution in [3.8, 4) is 39.7 Å². The van der Waals surface area contributed by atoms with Crippen molar-refractivity contribution in [2.75, 3.05) is 0 Å². The molecular formula is C57H32F3N3O2. The van der Waals surface area contributed by atoms with Crippen LogP contribution in [0.2, 0.25) is 0 Å². The van der Waals surface area contributed by atoms with E-state index < -0.39 is 11.7 Å². The van der Waals surface area contributed by atoms with Crippen LogP contribution in [0.25, 0.3) is 121 Å². The highest BCUT2D eigenvalue weighted by atomic mass is 19.4. The van der Waals surface area contributed by atoms with Crippen LogP contribution in [0.3, 0.4) is 0 Å². The van der Waals surface area contributed by atoms with E-state index in [1.165, 1.54) is 12.1 Å². The van der Waals surface area contributed by atoms with Crippen LogP contribution in [0.5, 0.6) is 0 Å². The molecule has 4 aromatic heterocycles. The van der Waals surface area contributed by atoms with Gasteiger partial charge < -0.3 is 18.0 Å². The van der Waals surface area contributed by atoms with Gasteiger partial charge in [-0.1, -0.05) is 84.9 Å². The van der Waals surface area contributed by atoms with E-state index in [0.717, 1.165) is 98.9 Å². The third-order valence-corrected chi connectivity index (χ3v) is 13.0. The van der Waals surface area contributed by atoms with Crippen molar-refractivity contribution in [2.45, 2.75) is 13.1 Å². The van der Waals surface area contributed by atoms with Crippen molar-refractivity contribution >= 4 is 87.5 Å². The molecule has 5 nitrogen and oxygen atoms in total. The number of nitriles is 1. The second kappa shape index (κ2) is 13.5. The molecule has 0 spiro atoms. The monoisotopic (exact) mass is 847 g/mol. The molecule has 0 atom stereocenters. The predicted octanol–water partition coefficient (Wildman–Crippen LogP) is 16.2. The van der Waals surface area contributed by atoms with Crippen LogP contribution in [0.15, 0.2) is 185 Å². The lowest BCUT2D eigenvalue weighted by molar-refractivity contribution is -0.137. The summed E-state index contributed by atoms with van der Waals surface area (Å²) in [5, 5.41) is 18.5. The number of alkyl halides is 3. The molecule has 0 saturated carbocycles. The third kappa shape index (κ3) is 5.39. The van der Waals surface area contributed by atoms with E-state index in [1.807, 2.05) is 97.1 Å². The fourth-order valence-corrected chi connectivity index (χ4v) is 10.2. The number of nitrogens with zero attached hydrogens (tertiary/aromatic N) is 3. The molecule has 0 aliphatic heterocycles. The van der Waals surface area contributed by atoms with Gasteiger partial charge >= 0.3 is 6.18 Å². The fourth-order valence-electron chi connectivity index (χ4n) is 10.2. The van der Waals surface area contributed by atoms with E-state index in [1.54, 1.807) is 13.0 Å². The average molecular weight is 848 g/mol. The first-order valence-electron chi connectivity index (χ1n) is 21.3. The maximum atomic E-state index is 14.4. The van der Waals surface area contributed by atoms with Gasteiger partial charge in [-0.2, -0.15) is 18.4 Å². The van der Waals surface area contributed by atoms with Gasteiger partial charge in [0.2, 0.25) is 0 Å². The summed E-state index contributed by atoms with van der Waals surface area (Å²) in [7, 11) is 0. The van der Waals surface area contributed by atoms with Crippen LogP contribution in [0.1, 0.15) is 16.7 Å². The number of aromatic nitrogens is 2. The zero-order valence-corrected chi connectivity index (χ0v) is 34.5. The van der Waals surface area contributed by atoms with E-state index in [-0.39, 0.29) is 0 Å². The van der Waals surface area contributed by atoms with Crippen molar-refractivity contribution in [1.29, 1.82) is 5.26 Å². The number of hydrogen-bond donors (Lipinski definition) is 0. The highest BCUT2D eigenvalue weighted by Gasteiger charge is 2.31. The number of benzene rings is 9. The Labute approximate surface area is 368 Å². The summed E-state index contributed by atoms with van der Waals surface area (Å²) in [5.41, 5.74) is 11.0. The molecule has 0 amide bonds. The smallest absolute Gasteiger partial charge is 0.416 e. The molecule has 0 radical (unpaired) electrons. The Morgan fingerprint density at radius 2 is 0.969 bits per heavy atom. The Bertz CT molecular complexity index is 4210. The quantitative estimate of drug-likeness (QED) is 0.177. The predicted molar refractivity (Wildman–Crippen MR) is 255 cm³/mol. The van der Waals surface area contributed by atoms with E-state index in [0.29, 0.717) is 33.4 Å². The molecule has 0 bridgehead atoms. The molecule has 308 valence electrons. The van der Waals surface area contributed by atoms with Crippen molar-refractivity contribution in [1.82, 2.24) is 9.13 Å². The molecule has 0 N–H and O–H groups in total. The fraction of sp³-hybridized carbons (Fsp3) is 0.0351. The maximum absolute atomic E-state index is 14.4. The lowest BCUT2D eigenvalue weighted by Crippen LogP contribution is -2.05. The summed E-state index contributed by atoms with van der Waals surface area (Å²) in [6.45, 7) is 1.68. The summed E-state index contributed by atoms with van der Waals surface area (Å²) in [6.07, 6.45) is -4.54. The van der Waals surface area contributed by atoms with E-state index in [4.69, 9.17) is 8.83 Å². The van der Waals surface area contributed by atoms with Crippen molar-refractivity contribution in [3.05, 3.63) is 193 Å². The number of aryl methyl sites for hydroxylation is 1. The highest BCUT2D eigenvalue weighted by Crippen LogP contribution is 2.47. The zero-order valence-electron chi connectivity index (χ0n) is 34.5. The summed E-state index contributed by atoms with van der Waals surface area (Å²) >= 11 is 0. The molecule has 0 saturated heterocycles. The first-order valence-corrected chi connectivity index (χ1v) is 21.3. The number of halogens is 3. The Morgan fingerprint density at radius 3 is 1.52 bits per heavy atom. The van der Waals surface area contributed by atoms with Crippen molar-refractivity contribution < 1.29 is 22.0 Å². The van der Waals surface area contributed by atoms with Gasteiger partial charge in [0.15, 0.2) is 0 Å². The Hall–Kier alpha value is -8.54. The molecular weight excluding hydrogens is 816 g/mol. The average Bonchev–Trinajstić information content (AvgIpc) is 4.08. The molecule has 65 heavy (non-hydrogen) atoms. The van der Waals surface area contributed by atoms with Gasteiger partial charge in [0, 0.05) is 43.4 Å². The Morgan fingerprint density at radius 1 is 0.462 bits per heavy atom. The molecule has 0 unspecified atom stereocenters. The molecule has 0 aliphatic rings. The lowest BCUT2D eigenvalue weighted by atomic mass is 9.93. The molecule has 8 heteroatoms. The second-order valence-electron chi connectivity index (χ2n) is 16.7. The minimum absolute atomic E-state index is 0.429. The minimum Gasteiger partial charge on any atom is -0.455 e. The SMILES string of the molecule is Cc1cc(-c2ccc(-n3c4ccccc4c4c5oc6ccccc6c5ccc43)c(-c3cc(C#N)ccc3-n3c4ccccc4c4c5oc6ccccc6c5ccc43)c2)cc(C(F)(F)F)c1. The molecule has 13 aromatic rings. The van der Waals surface area contributed by atoms with E-state index in [2.05, 4.69) is 75.9 Å². The number of furan rings is 2. The third-order valence-electron chi connectivity index (χ3n) is 13.0. The van der Waals surface area contributed by atoms with E-state index in [9.17, 15) is 18.4 Å². The number of rotatable bonds is 4. The number of para-hydroxylation sites is 4. The standard InChI is InChI=1S/C57H32F3N3O2/c1-32-26-35(29-36(27-32)57(58,59)60)34-19-23-48(63-46-15-7-3-13-42(46)54-50(63)25-21-40-38-11-5-9-17-52(38)65-56(40)54)44(30-34)43-28-33(31-61)18-22-47(43)62-45-14-6-2-12-41(45)53-49(62)24-20-39-37-10-4-8-16-51(37)64-55(39)53/h2-30H,1H3. The van der Waals surface area contributed by atoms with Crippen molar-refractivity contribution in [3.63, 3.8) is 0 Å². The first-order chi connectivity index (χ1) is 31.7. The zero-order chi connectivity index (χ0) is 43.7. The summed E-state index contributed by atoms with van der Waals surface area (Å²) < 4.78 is 60.9. The highest BCUT2D eigenvalue weighted by molar-refractivity contribution is 6.25. The maximum Gasteiger partial charge on any atom is 0.416 e. The molecule has 4 heterocycles. The van der Waals surface area contributed by atoms with Gasteiger partial charge in [-0.25, -0.2) is 0 Å². The van der Waals surface area contributed by atoms with Crippen LogP contribution in [0, 0.1) is 18.3 Å². The molecule has 0 aliphatic carbocycles. The van der Waals surface area contributed by atoms with Gasteiger partial charge in [-0.05, 0) is 115 Å². The van der Waals surface area contributed by atoms with Crippen LogP contribution in [0.4, 0.5) is 13.2 Å². The van der Waals surface area contributed by atoms with Gasteiger partial charge in [-0.3, -0.25) is 0 Å². The Balaban J connectivity index is 1.16. The van der Waals surface area contributed by atoms with Gasteiger partial charge in [0.1, 0.15) is 22.3 Å². The number of hydrogen-bond acceptors (Lipinski definition) is 3. The Kier molecular flexibility index (Phi) is 7.68. The van der Waals surface area contributed by atoms with Crippen LogP contribution in [-0.2, 0) is 6.18 Å². The van der Waals surface area contributed by atoms with Crippen molar-refractivity contribution in [2.24, 2.45) is 0 Å². The topological polar surface area (TPSA) is 59.9 Å². The van der Waals surface area contributed by atoms with Gasteiger partial charge in [0.25, 0.3) is 0 Å². The second-order valence-corrected chi connectivity index (χ2v) is 16.7. The molecule has 0 fully saturated rings. The lowest BCUT2D eigenvalue weighted by Gasteiger charge is -2.20. The van der Waals surface area contributed by atoms with Crippen LogP contribution >= 0.6 is 0 Å². The summed E-state index contributed by atoms with van der Waals surface area (Å²) in [5.74, 6) is 0. The van der Waals surface area contributed by atoms with E-state index >= 15 is 0 Å². The minimum atomic E-state index is -4.54. The summed E-state index contributed by atoms with van der Waals surface area (Å²) in [4.78, 5) is 0. The van der Waals surface area contributed by atoms with Gasteiger partial charge in [0.05, 0.1) is 61.4 Å². The number of fused-ring (bicyclic) bond motifs is 14. The largest absolute Gasteiger partial charge is 0.455 e. The van der Waals surface area contributed by atoms with Crippen LogP contribution in [-0.4, -0.2) is 9.13 Å².